The van der Waals surface area contributed by atoms with Gasteiger partial charge in [-0.05, 0) is 83.5 Å². The number of carbonyl (C=O) groups excluding carboxylic acids is 2. The molecule has 0 aromatic carbocycles. The van der Waals surface area contributed by atoms with Crippen molar-refractivity contribution in [2.24, 2.45) is 0 Å². The second-order valence-electron chi connectivity index (χ2n) is 14.8. The maximum Gasteiger partial charge on any atom is 0.306 e. The maximum absolute atomic E-state index is 12.7. The lowest BCUT2D eigenvalue weighted by atomic mass is 9.99. The smallest absolute Gasteiger partial charge is 0.306 e. The summed E-state index contributed by atoms with van der Waals surface area (Å²) in [5.41, 5.74) is 0. The average Bonchev–Trinajstić information content (AvgIpc) is 3.26. The molecule has 4 N–H and O–H groups in total. The topological polar surface area (TPSA) is 152 Å². The molecular weight excluding hydrogens is 773 g/mol. The molecule has 10 heteroatoms. The zero-order chi connectivity index (χ0) is 44.4. The van der Waals surface area contributed by atoms with E-state index in [4.69, 9.17) is 18.9 Å². The van der Waals surface area contributed by atoms with Crippen LogP contribution in [-0.4, -0.2) is 89.0 Å². The van der Waals surface area contributed by atoms with Crippen LogP contribution in [-0.2, 0) is 28.5 Å². The molecule has 1 aliphatic heterocycles. The number of aliphatic hydroxyl groups is 4. The van der Waals surface area contributed by atoms with Gasteiger partial charge in [-0.1, -0.05) is 155 Å². The van der Waals surface area contributed by atoms with Crippen LogP contribution in [0.2, 0.25) is 0 Å². The molecular formula is C51H78O10. The molecule has 342 valence electrons. The lowest BCUT2D eigenvalue weighted by Crippen LogP contribution is -2.59. The van der Waals surface area contributed by atoms with E-state index in [1.165, 1.54) is 0 Å². The highest BCUT2D eigenvalue weighted by atomic mass is 16.7. The highest BCUT2D eigenvalue weighted by Gasteiger charge is 2.44. The molecule has 0 saturated carbocycles. The Hall–Kier alpha value is -3.90. The number of carbonyl (C=O) groups is 2. The van der Waals surface area contributed by atoms with Gasteiger partial charge in [0.15, 0.2) is 12.4 Å². The van der Waals surface area contributed by atoms with Crippen molar-refractivity contribution in [2.45, 2.75) is 166 Å². The Bertz CT molecular complexity index is 1400. The van der Waals surface area contributed by atoms with Crippen LogP contribution in [0, 0.1) is 0 Å². The molecule has 1 saturated heterocycles. The van der Waals surface area contributed by atoms with E-state index in [2.05, 4.69) is 111 Å². The Morgan fingerprint density at radius 1 is 0.525 bits per heavy atom. The van der Waals surface area contributed by atoms with Crippen molar-refractivity contribution in [3.05, 3.63) is 122 Å². The van der Waals surface area contributed by atoms with Gasteiger partial charge in [-0.25, -0.2) is 0 Å². The molecule has 3 unspecified atom stereocenters. The lowest BCUT2D eigenvalue weighted by Gasteiger charge is -2.39. The first-order valence-electron chi connectivity index (χ1n) is 22.6. The number of ether oxygens (including phenoxy) is 4. The molecule has 0 bridgehead atoms. The molecule has 0 spiro atoms. The van der Waals surface area contributed by atoms with Crippen LogP contribution >= 0.6 is 0 Å². The minimum Gasteiger partial charge on any atom is -0.462 e. The minimum atomic E-state index is -1.62. The molecule has 1 aliphatic rings. The molecule has 0 aromatic heterocycles. The van der Waals surface area contributed by atoms with Crippen molar-refractivity contribution in [1.29, 1.82) is 0 Å². The van der Waals surface area contributed by atoms with Gasteiger partial charge in [0, 0.05) is 12.8 Å². The summed E-state index contributed by atoms with van der Waals surface area (Å²) in [6, 6.07) is 0. The third-order valence-corrected chi connectivity index (χ3v) is 9.40. The van der Waals surface area contributed by atoms with E-state index < -0.39 is 55.4 Å². The van der Waals surface area contributed by atoms with Gasteiger partial charge in [0.25, 0.3) is 0 Å². The lowest BCUT2D eigenvalue weighted by molar-refractivity contribution is -0.305. The van der Waals surface area contributed by atoms with Crippen molar-refractivity contribution < 1.29 is 49.0 Å². The van der Waals surface area contributed by atoms with Crippen molar-refractivity contribution in [1.82, 2.24) is 0 Å². The van der Waals surface area contributed by atoms with Crippen molar-refractivity contribution in [3.8, 4) is 0 Å². The van der Waals surface area contributed by atoms with E-state index in [0.29, 0.717) is 19.3 Å². The van der Waals surface area contributed by atoms with Crippen LogP contribution in [0.3, 0.4) is 0 Å². The average molecular weight is 851 g/mol. The summed E-state index contributed by atoms with van der Waals surface area (Å²) in [6.45, 7) is 3.06. The zero-order valence-corrected chi connectivity index (χ0v) is 37.1. The molecule has 0 radical (unpaired) electrons. The van der Waals surface area contributed by atoms with Crippen LogP contribution in [0.1, 0.15) is 129 Å². The van der Waals surface area contributed by atoms with Gasteiger partial charge in [-0.3, -0.25) is 9.59 Å². The third kappa shape index (κ3) is 31.6. The largest absolute Gasteiger partial charge is 0.462 e. The van der Waals surface area contributed by atoms with Crippen molar-refractivity contribution >= 4 is 11.9 Å². The first kappa shape index (κ1) is 55.1. The normalized spacial score (nSPS) is 20.9. The van der Waals surface area contributed by atoms with E-state index in [9.17, 15) is 30.0 Å². The molecule has 61 heavy (non-hydrogen) atoms. The number of rotatable bonds is 35. The summed E-state index contributed by atoms with van der Waals surface area (Å²) < 4.78 is 22.1. The predicted molar refractivity (Wildman–Crippen MR) is 246 cm³/mol. The van der Waals surface area contributed by atoms with Crippen LogP contribution < -0.4 is 0 Å². The standard InChI is InChI=1S/C51H78O10/c1-3-5-7-9-11-13-15-17-18-19-20-21-22-23-24-25-26-28-29-31-33-35-37-39-46(53)58-42-44(43-59-51-50(57)49(56)48(55)45(41-52)61-51)60-47(54)40-38-36-34-32-30-27-16-14-12-10-8-6-4-2/h5-8,10-14,16-18,20-21,23-24,26,28,31,33,44-45,48-52,55-57H,3-4,9,15,19,22,25,27,29-30,32,34-43H2,1-2H3/b7-5+,8-6+,12-10+,13-11+,16-14+,18-17+,21-20+,24-23+,28-26+,33-31+/t44?,45-,48+,49?,50?,51-/m0/s1. The number of esters is 2. The van der Waals surface area contributed by atoms with Gasteiger partial charge < -0.3 is 39.4 Å². The highest BCUT2D eigenvalue weighted by Crippen LogP contribution is 2.22. The van der Waals surface area contributed by atoms with Gasteiger partial charge in [0.1, 0.15) is 31.0 Å². The number of hydrogen-bond donors (Lipinski definition) is 4. The number of aliphatic hydroxyl groups excluding tert-OH is 4. The Morgan fingerprint density at radius 2 is 1.02 bits per heavy atom. The van der Waals surface area contributed by atoms with Crippen LogP contribution in [0.4, 0.5) is 0 Å². The zero-order valence-electron chi connectivity index (χ0n) is 37.1. The van der Waals surface area contributed by atoms with Gasteiger partial charge in [-0.2, -0.15) is 0 Å². The summed E-state index contributed by atoms with van der Waals surface area (Å²) in [5.74, 6) is -0.916. The molecule has 6 atom stereocenters. The molecule has 0 amide bonds. The van der Waals surface area contributed by atoms with E-state index in [1.807, 2.05) is 24.3 Å². The number of hydrogen-bond acceptors (Lipinski definition) is 10. The number of allylic oxidation sites excluding steroid dienone is 20. The van der Waals surface area contributed by atoms with Gasteiger partial charge in [-0.15, -0.1) is 0 Å². The Kier molecular flexibility index (Phi) is 36.3. The molecule has 1 rings (SSSR count). The highest BCUT2D eigenvalue weighted by molar-refractivity contribution is 5.70. The van der Waals surface area contributed by atoms with E-state index in [0.717, 1.165) is 83.5 Å². The summed E-state index contributed by atoms with van der Waals surface area (Å²) in [4.78, 5) is 25.3. The second kappa shape index (κ2) is 40.2. The molecule has 0 aliphatic carbocycles. The summed E-state index contributed by atoms with van der Waals surface area (Å²) in [6.07, 6.45) is 49.3. The fourth-order valence-corrected chi connectivity index (χ4v) is 5.88. The summed E-state index contributed by atoms with van der Waals surface area (Å²) in [5, 5.41) is 40.1. The van der Waals surface area contributed by atoms with E-state index in [1.54, 1.807) is 0 Å². The SMILES string of the molecule is CC/C=C/C=C/C=C/CCCCCCCC(=O)OC(COC(=O)CCC/C=C/C/C=C/C/C=C/C/C=C/C/C=C/C/C=C/C/C=C/CC)CO[C@H]1O[C@@H](CO)[C@@H](O)C(O)C1O. The molecule has 0 aromatic rings. The van der Waals surface area contributed by atoms with Crippen LogP contribution in [0.5, 0.6) is 0 Å². The molecule has 10 nitrogen and oxygen atoms in total. The van der Waals surface area contributed by atoms with Crippen LogP contribution in [0.15, 0.2) is 122 Å². The van der Waals surface area contributed by atoms with Gasteiger partial charge >= 0.3 is 11.9 Å². The maximum atomic E-state index is 12.7. The fourth-order valence-electron chi connectivity index (χ4n) is 5.88. The van der Waals surface area contributed by atoms with Crippen molar-refractivity contribution in [2.75, 3.05) is 19.8 Å². The van der Waals surface area contributed by atoms with Crippen LogP contribution in [0.25, 0.3) is 0 Å². The van der Waals surface area contributed by atoms with E-state index in [-0.39, 0.29) is 26.1 Å². The second-order valence-corrected chi connectivity index (χ2v) is 14.8. The monoisotopic (exact) mass is 851 g/mol. The molecule has 1 fully saturated rings. The van der Waals surface area contributed by atoms with E-state index >= 15 is 0 Å². The first-order valence-corrected chi connectivity index (χ1v) is 22.6. The quantitative estimate of drug-likeness (QED) is 0.0210. The Labute approximate surface area is 367 Å². The summed E-state index contributed by atoms with van der Waals surface area (Å²) >= 11 is 0. The Morgan fingerprint density at radius 3 is 1.59 bits per heavy atom. The first-order chi connectivity index (χ1) is 29.8. The fraction of sp³-hybridized carbons (Fsp3) is 0.569. The predicted octanol–water partition coefficient (Wildman–Crippen LogP) is 9.88. The van der Waals surface area contributed by atoms with Gasteiger partial charge in [0.2, 0.25) is 0 Å². The minimum absolute atomic E-state index is 0.182. The molecule has 1 heterocycles. The Balaban J connectivity index is 2.37. The van der Waals surface area contributed by atoms with Crippen molar-refractivity contribution in [3.63, 3.8) is 0 Å². The third-order valence-electron chi connectivity index (χ3n) is 9.40. The van der Waals surface area contributed by atoms with Gasteiger partial charge in [0.05, 0.1) is 13.2 Å². The summed E-state index contributed by atoms with van der Waals surface area (Å²) in [7, 11) is 0. The number of unbranched alkanes of at least 4 members (excludes halogenated alkanes) is 6.